The number of unbranched alkanes of at least 4 members (excludes halogenated alkanes) is 2. The van der Waals surface area contributed by atoms with Crippen molar-refractivity contribution in [2.24, 2.45) is 0 Å². The smallest absolute Gasteiger partial charge is 0.196 e. The van der Waals surface area contributed by atoms with E-state index in [0.29, 0.717) is 0 Å². The first-order valence-corrected chi connectivity index (χ1v) is 4.78. The molecule has 3 heteroatoms. The molecule has 0 saturated carbocycles. The SMILES string of the molecule is CCCCC#C[C@@H]1O[C@@H](O)C=CC1=O. The van der Waals surface area contributed by atoms with Gasteiger partial charge in [0, 0.05) is 6.42 Å². The van der Waals surface area contributed by atoms with Crippen molar-refractivity contribution in [1.82, 2.24) is 0 Å². The number of carbonyl (C=O) groups excluding carboxylic acids is 1. The molecule has 0 spiro atoms. The van der Waals surface area contributed by atoms with Crippen molar-refractivity contribution >= 4 is 5.78 Å². The van der Waals surface area contributed by atoms with Gasteiger partial charge in [-0.1, -0.05) is 19.3 Å². The normalized spacial score (nSPS) is 25.7. The molecule has 0 aliphatic carbocycles. The van der Waals surface area contributed by atoms with E-state index in [2.05, 4.69) is 18.8 Å². The molecule has 76 valence electrons. The molecule has 0 aromatic rings. The third kappa shape index (κ3) is 3.33. The van der Waals surface area contributed by atoms with E-state index in [9.17, 15) is 4.79 Å². The van der Waals surface area contributed by atoms with Crippen LogP contribution in [-0.4, -0.2) is 23.3 Å². The maximum Gasteiger partial charge on any atom is 0.196 e. The fraction of sp³-hybridized carbons (Fsp3) is 0.545. The van der Waals surface area contributed by atoms with Crippen molar-refractivity contribution in [3.05, 3.63) is 12.2 Å². The Labute approximate surface area is 83.8 Å². The van der Waals surface area contributed by atoms with Crippen LogP contribution < -0.4 is 0 Å². The summed E-state index contributed by atoms with van der Waals surface area (Å²) < 4.78 is 4.92. The Morgan fingerprint density at radius 1 is 1.64 bits per heavy atom. The number of ether oxygens (including phenoxy) is 1. The number of rotatable bonds is 2. The van der Waals surface area contributed by atoms with E-state index in [4.69, 9.17) is 9.84 Å². The van der Waals surface area contributed by atoms with Gasteiger partial charge >= 0.3 is 0 Å². The van der Waals surface area contributed by atoms with Crippen LogP contribution in [0.4, 0.5) is 0 Å². The van der Waals surface area contributed by atoms with Gasteiger partial charge in [0.05, 0.1) is 0 Å². The summed E-state index contributed by atoms with van der Waals surface area (Å²) in [5, 5.41) is 9.07. The van der Waals surface area contributed by atoms with Crippen LogP contribution in [0.25, 0.3) is 0 Å². The van der Waals surface area contributed by atoms with Gasteiger partial charge in [0.25, 0.3) is 0 Å². The van der Waals surface area contributed by atoms with Crippen LogP contribution in [0.1, 0.15) is 26.2 Å². The molecular weight excluding hydrogens is 180 g/mol. The van der Waals surface area contributed by atoms with Crippen LogP contribution >= 0.6 is 0 Å². The van der Waals surface area contributed by atoms with E-state index in [1.165, 1.54) is 12.2 Å². The molecule has 2 atom stereocenters. The van der Waals surface area contributed by atoms with E-state index in [0.717, 1.165) is 19.3 Å². The zero-order valence-electron chi connectivity index (χ0n) is 8.19. The molecule has 0 radical (unpaired) electrons. The van der Waals surface area contributed by atoms with E-state index >= 15 is 0 Å². The summed E-state index contributed by atoms with van der Waals surface area (Å²) in [4.78, 5) is 11.2. The van der Waals surface area contributed by atoms with Gasteiger partial charge in [-0.2, -0.15) is 0 Å². The molecule has 0 unspecified atom stereocenters. The Morgan fingerprint density at radius 2 is 2.43 bits per heavy atom. The van der Waals surface area contributed by atoms with E-state index in [-0.39, 0.29) is 5.78 Å². The van der Waals surface area contributed by atoms with Gasteiger partial charge in [-0.05, 0) is 18.6 Å². The van der Waals surface area contributed by atoms with Crippen molar-refractivity contribution in [2.45, 2.75) is 38.6 Å². The number of aliphatic hydroxyl groups excluding tert-OH is 1. The van der Waals surface area contributed by atoms with E-state index in [1.807, 2.05) is 0 Å². The highest BCUT2D eigenvalue weighted by atomic mass is 16.6. The van der Waals surface area contributed by atoms with Gasteiger partial charge in [-0.25, -0.2) is 0 Å². The van der Waals surface area contributed by atoms with Crippen molar-refractivity contribution < 1.29 is 14.6 Å². The predicted octanol–water partition coefficient (Wildman–Crippen LogP) is 1.02. The molecular formula is C11H14O3. The molecule has 1 aliphatic rings. The lowest BCUT2D eigenvalue weighted by Gasteiger charge is -2.16. The second kappa shape index (κ2) is 5.58. The van der Waals surface area contributed by atoms with Gasteiger partial charge in [-0.15, -0.1) is 5.92 Å². The quantitative estimate of drug-likeness (QED) is 0.527. The van der Waals surface area contributed by atoms with Crippen LogP contribution in [0.3, 0.4) is 0 Å². The summed E-state index contributed by atoms with van der Waals surface area (Å²) in [5.41, 5.74) is 0. The summed E-state index contributed by atoms with van der Waals surface area (Å²) >= 11 is 0. The molecule has 0 amide bonds. The third-order valence-corrected chi connectivity index (χ3v) is 1.85. The van der Waals surface area contributed by atoms with Crippen molar-refractivity contribution in [3.63, 3.8) is 0 Å². The molecule has 0 saturated heterocycles. The number of hydrogen-bond acceptors (Lipinski definition) is 3. The Morgan fingerprint density at radius 3 is 3.14 bits per heavy atom. The Kier molecular flexibility index (Phi) is 4.37. The van der Waals surface area contributed by atoms with Crippen LogP contribution in [0.15, 0.2) is 12.2 Å². The van der Waals surface area contributed by atoms with Gasteiger partial charge in [-0.3, -0.25) is 4.79 Å². The first kappa shape index (κ1) is 11.0. The first-order valence-electron chi connectivity index (χ1n) is 4.78. The number of carbonyl (C=O) groups is 1. The van der Waals surface area contributed by atoms with Crippen molar-refractivity contribution in [3.8, 4) is 11.8 Å². The van der Waals surface area contributed by atoms with E-state index in [1.54, 1.807) is 0 Å². The minimum Gasteiger partial charge on any atom is -0.365 e. The molecule has 0 aromatic carbocycles. The van der Waals surface area contributed by atoms with Crippen LogP contribution in [0.5, 0.6) is 0 Å². The number of hydrogen-bond donors (Lipinski definition) is 1. The Balaban J connectivity index is 2.46. The number of ketones is 1. The van der Waals surface area contributed by atoms with Crippen LogP contribution in [0.2, 0.25) is 0 Å². The lowest BCUT2D eigenvalue weighted by molar-refractivity contribution is -0.139. The van der Waals surface area contributed by atoms with Gasteiger partial charge in [0.15, 0.2) is 18.2 Å². The Hall–Kier alpha value is -1.11. The van der Waals surface area contributed by atoms with Crippen molar-refractivity contribution in [2.75, 3.05) is 0 Å². The van der Waals surface area contributed by atoms with Gasteiger partial charge in [0.2, 0.25) is 0 Å². The fourth-order valence-corrected chi connectivity index (χ4v) is 1.05. The lowest BCUT2D eigenvalue weighted by atomic mass is 10.1. The van der Waals surface area contributed by atoms with Gasteiger partial charge < -0.3 is 9.84 Å². The second-order valence-electron chi connectivity index (χ2n) is 3.09. The summed E-state index contributed by atoms with van der Waals surface area (Å²) in [6.45, 7) is 2.08. The standard InChI is InChI=1S/C11H14O3/c1-2-3-4-5-6-10-9(12)7-8-11(13)14-10/h7-8,10-11,13H,2-4H2,1H3/t10-,11+/m0/s1. The lowest BCUT2D eigenvalue weighted by Crippen LogP contribution is -2.30. The summed E-state index contributed by atoms with van der Waals surface area (Å²) in [6.07, 6.45) is 3.71. The topological polar surface area (TPSA) is 46.5 Å². The maximum atomic E-state index is 11.2. The van der Waals surface area contributed by atoms with Crippen molar-refractivity contribution in [1.29, 1.82) is 0 Å². The molecule has 1 heterocycles. The first-order chi connectivity index (χ1) is 6.74. The van der Waals surface area contributed by atoms with Gasteiger partial charge in [0.1, 0.15) is 0 Å². The highest BCUT2D eigenvalue weighted by molar-refractivity contribution is 5.96. The summed E-state index contributed by atoms with van der Waals surface area (Å²) in [6, 6.07) is 0. The summed E-state index contributed by atoms with van der Waals surface area (Å²) in [5.74, 6) is 5.37. The molecule has 0 aromatic heterocycles. The molecule has 14 heavy (non-hydrogen) atoms. The average Bonchev–Trinajstić information content (AvgIpc) is 2.18. The minimum atomic E-state index is -1.00. The predicted molar refractivity (Wildman–Crippen MR) is 52.3 cm³/mol. The molecule has 0 fully saturated rings. The maximum absolute atomic E-state index is 11.2. The van der Waals surface area contributed by atoms with Crippen LogP contribution in [-0.2, 0) is 9.53 Å². The second-order valence-corrected chi connectivity index (χ2v) is 3.09. The Bertz CT molecular complexity index is 283. The summed E-state index contributed by atoms with van der Waals surface area (Å²) in [7, 11) is 0. The highest BCUT2D eigenvalue weighted by Gasteiger charge is 2.21. The molecule has 1 rings (SSSR count). The fourth-order valence-electron chi connectivity index (χ4n) is 1.05. The monoisotopic (exact) mass is 194 g/mol. The molecule has 0 bridgehead atoms. The molecule has 3 nitrogen and oxygen atoms in total. The molecule has 1 N–H and O–H groups in total. The number of aliphatic hydroxyl groups is 1. The molecule has 1 aliphatic heterocycles. The van der Waals surface area contributed by atoms with E-state index < -0.39 is 12.4 Å². The average molecular weight is 194 g/mol. The zero-order valence-corrected chi connectivity index (χ0v) is 8.19. The highest BCUT2D eigenvalue weighted by Crippen LogP contribution is 2.06. The van der Waals surface area contributed by atoms with Crippen LogP contribution in [0, 0.1) is 11.8 Å². The third-order valence-electron chi connectivity index (χ3n) is 1.85. The largest absolute Gasteiger partial charge is 0.365 e. The zero-order chi connectivity index (χ0) is 10.4. The minimum absolute atomic E-state index is 0.195.